The van der Waals surface area contributed by atoms with Crippen LogP contribution in [0.5, 0.6) is 0 Å². The number of nitrogens with one attached hydrogen (secondary N) is 1. The van der Waals surface area contributed by atoms with Crippen LogP contribution in [0.25, 0.3) is 0 Å². The van der Waals surface area contributed by atoms with Gasteiger partial charge in [0.1, 0.15) is 0 Å². The molecule has 3 fully saturated rings. The Balaban J connectivity index is 1.49. The first-order chi connectivity index (χ1) is 9.35. The molecule has 2 bridgehead atoms. The molecule has 5 unspecified atom stereocenters. The average Bonchev–Trinajstić information content (AvgIpc) is 3.12. The van der Waals surface area contributed by atoms with Crippen LogP contribution in [-0.2, 0) is 4.74 Å². The zero-order valence-electron chi connectivity index (χ0n) is 12.6. The summed E-state index contributed by atoms with van der Waals surface area (Å²) in [4.78, 5) is 0. The fourth-order valence-electron chi connectivity index (χ4n) is 4.81. The monoisotopic (exact) mass is 265 g/mol. The summed E-state index contributed by atoms with van der Waals surface area (Å²) in [5.41, 5.74) is 0. The Morgan fingerprint density at radius 2 is 2.11 bits per heavy atom. The third-order valence-electron chi connectivity index (χ3n) is 5.80. The van der Waals surface area contributed by atoms with Gasteiger partial charge >= 0.3 is 0 Å². The minimum absolute atomic E-state index is 0.760. The van der Waals surface area contributed by atoms with Gasteiger partial charge in [-0.3, -0.25) is 0 Å². The van der Waals surface area contributed by atoms with E-state index in [2.05, 4.69) is 12.2 Å². The maximum Gasteiger partial charge on any atom is 0.0495 e. The first kappa shape index (κ1) is 13.9. The minimum Gasteiger partial charge on any atom is -0.381 e. The molecule has 1 saturated heterocycles. The minimum atomic E-state index is 0.760. The van der Waals surface area contributed by atoms with E-state index in [9.17, 15) is 0 Å². The highest BCUT2D eigenvalue weighted by atomic mass is 16.5. The van der Waals surface area contributed by atoms with Gasteiger partial charge in [-0.15, -0.1) is 0 Å². The lowest BCUT2D eigenvalue weighted by molar-refractivity contribution is 0.177. The third-order valence-corrected chi connectivity index (χ3v) is 5.80. The summed E-state index contributed by atoms with van der Waals surface area (Å²) in [5.74, 6) is 4.04. The second kappa shape index (κ2) is 6.58. The van der Waals surface area contributed by atoms with E-state index in [1.165, 1.54) is 51.5 Å². The molecule has 0 spiro atoms. The van der Waals surface area contributed by atoms with Crippen LogP contribution in [0.3, 0.4) is 0 Å². The van der Waals surface area contributed by atoms with Crippen LogP contribution in [0, 0.1) is 23.7 Å². The van der Waals surface area contributed by atoms with Gasteiger partial charge in [-0.25, -0.2) is 0 Å². The Kier molecular flexibility index (Phi) is 4.81. The Hall–Kier alpha value is -0.0800. The summed E-state index contributed by atoms with van der Waals surface area (Å²) in [6, 6.07) is 0.760. The van der Waals surface area contributed by atoms with Gasteiger partial charge in [-0.05, 0) is 75.2 Å². The molecule has 0 aromatic rings. The average molecular weight is 265 g/mol. The fourth-order valence-corrected chi connectivity index (χ4v) is 4.81. The summed E-state index contributed by atoms with van der Waals surface area (Å²) in [6.45, 7) is 5.49. The Bertz CT molecular complexity index is 274. The van der Waals surface area contributed by atoms with Crippen molar-refractivity contribution >= 4 is 0 Å². The Morgan fingerprint density at radius 1 is 1.16 bits per heavy atom. The lowest BCUT2D eigenvalue weighted by Crippen LogP contribution is -2.35. The van der Waals surface area contributed by atoms with Crippen molar-refractivity contribution in [2.75, 3.05) is 19.8 Å². The van der Waals surface area contributed by atoms with Gasteiger partial charge in [0, 0.05) is 19.3 Å². The van der Waals surface area contributed by atoms with Crippen molar-refractivity contribution in [3.05, 3.63) is 0 Å². The van der Waals surface area contributed by atoms with Crippen molar-refractivity contribution in [2.45, 2.75) is 64.3 Å². The molecule has 19 heavy (non-hydrogen) atoms. The molecule has 1 N–H and O–H groups in total. The number of rotatable bonds is 7. The maximum atomic E-state index is 5.55. The van der Waals surface area contributed by atoms with Crippen LogP contribution < -0.4 is 5.32 Å². The van der Waals surface area contributed by atoms with E-state index < -0.39 is 0 Å². The van der Waals surface area contributed by atoms with Crippen LogP contribution in [-0.4, -0.2) is 25.8 Å². The largest absolute Gasteiger partial charge is 0.381 e. The van der Waals surface area contributed by atoms with Crippen molar-refractivity contribution in [1.29, 1.82) is 0 Å². The number of fused-ring (bicyclic) bond motifs is 2. The van der Waals surface area contributed by atoms with Gasteiger partial charge in [-0.1, -0.05) is 13.3 Å². The Labute approximate surface area is 118 Å². The molecule has 2 heteroatoms. The second-order valence-corrected chi connectivity index (χ2v) is 7.29. The first-order valence-electron chi connectivity index (χ1n) is 8.66. The molecule has 3 rings (SSSR count). The fraction of sp³-hybridized carbons (Fsp3) is 1.00. The number of hydrogen-bond acceptors (Lipinski definition) is 2. The van der Waals surface area contributed by atoms with Crippen molar-refractivity contribution in [3.63, 3.8) is 0 Å². The van der Waals surface area contributed by atoms with E-state index in [1.54, 1.807) is 6.42 Å². The molecule has 2 nitrogen and oxygen atoms in total. The summed E-state index contributed by atoms with van der Waals surface area (Å²) in [6.07, 6.45) is 11.5. The molecular formula is C17H31NO. The molecule has 0 radical (unpaired) electrons. The van der Waals surface area contributed by atoms with Gasteiger partial charge in [-0.2, -0.15) is 0 Å². The molecule has 2 aliphatic carbocycles. The zero-order valence-corrected chi connectivity index (χ0v) is 12.6. The van der Waals surface area contributed by atoms with Crippen LogP contribution in [0.4, 0.5) is 0 Å². The highest BCUT2D eigenvalue weighted by molar-refractivity contribution is 4.92. The molecule has 0 amide bonds. The highest BCUT2D eigenvalue weighted by Gasteiger charge is 2.40. The molecular weight excluding hydrogens is 234 g/mol. The summed E-state index contributed by atoms with van der Waals surface area (Å²) in [7, 11) is 0. The van der Waals surface area contributed by atoms with Gasteiger partial charge < -0.3 is 10.1 Å². The SMILES string of the molecule is CCCNC(CC1CCOC1)CC1CC2CCC1C2. The summed E-state index contributed by atoms with van der Waals surface area (Å²) < 4.78 is 5.55. The van der Waals surface area contributed by atoms with Crippen molar-refractivity contribution in [1.82, 2.24) is 5.32 Å². The predicted molar refractivity (Wildman–Crippen MR) is 79.2 cm³/mol. The Morgan fingerprint density at radius 3 is 2.74 bits per heavy atom. The van der Waals surface area contributed by atoms with Gasteiger partial charge in [0.25, 0.3) is 0 Å². The molecule has 110 valence electrons. The molecule has 3 aliphatic rings. The maximum absolute atomic E-state index is 5.55. The van der Waals surface area contributed by atoms with E-state index in [0.717, 1.165) is 42.9 Å². The molecule has 2 saturated carbocycles. The third kappa shape index (κ3) is 3.52. The van der Waals surface area contributed by atoms with E-state index in [1.807, 2.05) is 0 Å². The van der Waals surface area contributed by atoms with Gasteiger partial charge in [0.15, 0.2) is 0 Å². The van der Waals surface area contributed by atoms with E-state index >= 15 is 0 Å². The molecule has 1 heterocycles. The summed E-state index contributed by atoms with van der Waals surface area (Å²) >= 11 is 0. The quantitative estimate of drug-likeness (QED) is 0.759. The van der Waals surface area contributed by atoms with Crippen molar-refractivity contribution in [3.8, 4) is 0 Å². The topological polar surface area (TPSA) is 21.3 Å². The van der Waals surface area contributed by atoms with Crippen molar-refractivity contribution in [2.24, 2.45) is 23.7 Å². The molecule has 0 aromatic heterocycles. The van der Waals surface area contributed by atoms with E-state index in [4.69, 9.17) is 4.74 Å². The van der Waals surface area contributed by atoms with Gasteiger partial charge in [0.05, 0.1) is 0 Å². The van der Waals surface area contributed by atoms with Crippen LogP contribution in [0.1, 0.15) is 58.3 Å². The number of ether oxygens (including phenoxy) is 1. The zero-order chi connectivity index (χ0) is 13.1. The molecule has 0 aromatic carbocycles. The predicted octanol–water partition coefficient (Wildman–Crippen LogP) is 3.61. The van der Waals surface area contributed by atoms with Crippen LogP contribution in [0.2, 0.25) is 0 Å². The van der Waals surface area contributed by atoms with Crippen molar-refractivity contribution < 1.29 is 4.74 Å². The van der Waals surface area contributed by atoms with Gasteiger partial charge in [0.2, 0.25) is 0 Å². The lowest BCUT2D eigenvalue weighted by atomic mass is 9.82. The first-order valence-corrected chi connectivity index (χ1v) is 8.66. The number of hydrogen-bond donors (Lipinski definition) is 1. The molecule has 1 aliphatic heterocycles. The van der Waals surface area contributed by atoms with Crippen LogP contribution in [0.15, 0.2) is 0 Å². The van der Waals surface area contributed by atoms with Crippen LogP contribution >= 0.6 is 0 Å². The lowest BCUT2D eigenvalue weighted by Gasteiger charge is -2.28. The standard InChI is InChI=1S/C17H31NO/c1-2-6-18-17(10-14-5-7-19-12-14)11-16-9-13-3-4-15(16)8-13/h13-18H,2-12H2,1H3. The highest BCUT2D eigenvalue weighted by Crippen LogP contribution is 2.50. The smallest absolute Gasteiger partial charge is 0.0495 e. The molecule has 5 atom stereocenters. The normalized spacial score (nSPS) is 39.0. The summed E-state index contributed by atoms with van der Waals surface area (Å²) in [5, 5.41) is 3.83. The van der Waals surface area contributed by atoms with E-state index in [-0.39, 0.29) is 0 Å². The second-order valence-electron chi connectivity index (χ2n) is 7.29. The van der Waals surface area contributed by atoms with E-state index in [0.29, 0.717) is 0 Å².